The first-order chi connectivity index (χ1) is 11.2. The van der Waals surface area contributed by atoms with E-state index in [4.69, 9.17) is 0 Å². The molecule has 122 valence electrons. The van der Waals surface area contributed by atoms with Crippen LogP contribution in [0.4, 0.5) is 0 Å². The Balaban J connectivity index is 1.84. The van der Waals surface area contributed by atoms with E-state index in [0.29, 0.717) is 12.2 Å². The maximum absolute atomic E-state index is 13.0. The number of rotatable bonds is 4. The van der Waals surface area contributed by atoms with Crippen LogP contribution in [0.2, 0.25) is 0 Å². The SMILES string of the molecule is Cc1cc(C(=O)N(Cc2ccccn2)C2CCCNCC2)n[nH]1. The Kier molecular flexibility index (Phi) is 5.02. The number of aromatic amines is 1. The van der Waals surface area contributed by atoms with E-state index in [-0.39, 0.29) is 11.9 Å². The summed E-state index contributed by atoms with van der Waals surface area (Å²) in [5, 5.41) is 10.4. The molecule has 1 aliphatic rings. The fraction of sp³-hybridized carbons (Fsp3) is 0.471. The molecule has 2 N–H and O–H groups in total. The number of hydrogen-bond donors (Lipinski definition) is 2. The lowest BCUT2D eigenvalue weighted by molar-refractivity contribution is 0.0636. The maximum atomic E-state index is 13.0. The number of carbonyl (C=O) groups excluding carboxylic acids is 1. The summed E-state index contributed by atoms with van der Waals surface area (Å²) in [5.41, 5.74) is 2.29. The van der Waals surface area contributed by atoms with Gasteiger partial charge in [-0.05, 0) is 57.5 Å². The van der Waals surface area contributed by atoms with Gasteiger partial charge in [0, 0.05) is 17.9 Å². The molecule has 0 saturated carbocycles. The number of hydrogen-bond acceptors (Lipinski definition) is 4. The lowest BCUT2D eigenvalue weighted by Gasteiger charge is -2.30. The summed E-state index contributed by atoms with van der Waals surface area (Å²) in [4.78, 5) is 19.3. The van der Waals surface area contributed by atoms with Gasteiger partial charge in [-0.15, -0.1) is 0 Å². The molecule has 1 saturated heterocycles. The van der Waals surface area contributed by atoms with E-state index < -0.39 is 0 Å². The average Bonchev–Trinajstić information content (AvgIpc) is 2.84. The smallest absolute Gasteiger partial charge is 0.274 e. The number of nitrogens with one attached hydrogen (secondary N) is 2. The van der Waals surface area contributed by atoms with Gasteiger partial charge in [-0.25, -0.2) is 0 Å². The van der Waals surface area contributed by atoms with E-state index in [1.165, 1.54) is 0 Å². The largest absolute Gasteiger partial charge is 0.328 e. The van der Waals surface area contributed by atoms with Crippen LogP contribution in [0.1, 0.15) is 41.1 Å². The van der Waals surface area contributed by atoms with Gasteiger partial charge in [0.2, 0.25) is 0 Å². The van der Waals surface area contributed by atoms with Crippen molar-refractivity contribution in [1.82, 2.24) is 25.4 Å². The lowest BCUT2D eigenvalue weighted by atomic mass is 10.1. The molecule has 23 heavy (non-hydrogen) atoms. The van der Waals surface area contributed by atoms with Crippen LogP contribution in [0.25, 0.3) is 0 Å². The molecule has 1 aliphatic heterocycles. The Hall–Kier alpha value is -2.21. The molecule has 2 aromatic rings. The van der Waals surface area contributed by atoms with E-state index in [1.54, 1.807) is 6.20 Å². The second kappa shape index (κ2) is 7.37. The van der Waals surface area contributed by atoms with Crippen molar-refractivity contribution in [2.75, 3.05) is 13.1 Å². The first kappa shape index (κ1) is 15.7. The third kappa shape index (κ3) is 3.96. The minimum Gasteiger partial charge on any atom is -0.328 e. The molecular formula is C17H23N5O. The molecule has 1 fully saturated rings. The second-order valence-corrected chi connectivity index (χ2v) is 6.03. The van der Waals surface area contributed by atoms with E-state index in [0.717, 1.165) is 43.7 Å². The number of aryl methyl sites for hydroxylation is 1. The topological polar surface area (TPSA) is 73.9 Å². The van der Waals surface area contributed by atoms with Gasteiger partial charge < -0.3 is 10.2 Å². The average molecular weight is 313 g/mol. The number of nitrogens with zero attached hydrogens (tertiary/aromatic N) is 3. The zero-order valence-electron chi connectivity index (χ0n) is 13.5. The summed E-state index contributed by atoms with van der Waals surface area (Å²) in [6.45, 7) is 4.39. The Morgan fingerprint density at radius 3 is 3.00 bits per heavy atom. The van der Waals surface area contributed by atoms with Crippen LogP contribution < -0.4 is 5.32 Å². The molecule has 3 heterocycles. The fourth-order valence-corrected chi connectivity index (χ4v) is 3.02. The molecule has 0 spiro atoms. The quantitative estimate of drug-likeness (QED) is 0.904. The highest BCUT2D eigenvalue weighted by Gasteiger charge is 2.27. The number of carbonyl (C=O) groups is 1. The Morgan fingerprint density at radius 1 is 1.35 bits per heavy atom. The van der Waals surface area contributed by atoms with Crippen LogP contribution in [0, 0.1) is 6.92 Å². The van der Waals surface area contributed by atoms with Gasteiger partial charge in [-0.3, -0.25) is 14.9 Å². The van der Waals surface area contributed by atoms with E-state index in [9.17, 15) is 4.79 Å². The van der Waals surface area contributed by atoms with Crippen LogP contribution >= 0.6 is 0 Å². The monoisotopic (exact) mass is 313 g/mol. The van der Waals surface area contributed by atoms with Gasteiger partial charge in [0.1, 0.15) is 5.69 Å². The third-order valence-electron chi connectivity index (χ3n) is 4.23. The highest BCUT2D eigenvalue weighted by Crippen LogP contribution is 2.19. The van der Waals surface area contributed by atoms with E-state index in [2.05, 4.69) is 20.5 Å². The van der Waals surface area contributed by atoms with Gasteiger partial charge in [0.05, 0.1) is 12.2 Å². The summed E-state index contributed by atoms with van der Waals surface area (Å²) >= 11 is 0. The zero-order chi connectivity index (χ0) is 16.1. The third-order valence-corrected chi connectivity index (χ3v) is 4.23. The molecule has 6 heteroatoms. The predicted octanol–water partition coefficient (Wildman–Crippen LogP) is 1.90. The molecule has 1 unspecified atom stereocenters. The van der Waals surface area contributed by atoms with E-state index >= 15 is 0 Å². The fourth-order valence-electron chi connectivity index (χ4n) is 3.02. The molecule has 1 atom stereocenters. The maximum Gasteiger partial charge on any atom is 0.274 e. The van der Waals surface area contributed by atoms with Crippen molar-refractivity contribution in [1.29, 1.82) is 0 Å². The van der Waals surface area contributed by atoms with Crippen molar-refractivity contribution in [3.63, 3.8) is 0 Å². The van der Waals surface area contributed by atoms with Gasteiger partial charge >= 0.3 is 0 Å². The second-order valence-electron chi connectivity index (χ2n) is 6.03. The predicted molar refractivity (Wildman–Crippen MR) is 87.9 cm³/mol. The molecule has 0 aliphatic carbocycles. The zero-order valence-corrected chi connectivity index (χ0v) is 13.5. The van der Waals surface area contributed by atoms with Crippen molar-refractivity contribution in [2.24, 2.45) is 0 Å². The minimum atomic E-state index is -0.0214. The van der Waals surface area contributed by atoms with Crippen molar-refractivity contribution < 1.29 is 4.79 Å². The summed E-state index contributed by atoms with van der Waals surface area (Å²) in [6.07, 6.45) is 4.82. The lowest BCUT2D eigenvalue weighted by Crippen LogP contribution is -2.40. The Labute approximate surface area is 136 Å². The standard InChI is InChI=1S/C17H23N5O/c1-13-11-16(21-20-13)17(23)22(12-14-5-2-3-9-19-14)15-6-4-8-18-10-7-15/h2-3,5,9,11,15,18H,4,6-8,10,12H2,1H3,(H,20,21). The highest BCUT2D eigenvalue weighted by molar-refractivity contribution is 5.92. The summed E-state index contributed by atoms with van der Waals surface area (Å²) < 4.78 is 0. The number of pyridine rings is 1. The van der Waals surface area contributed by atoms with Crippen LogP contribution in [-0.4, -0.2) is 45.1 Å². The van der Waals surface area contributed by atoms with Crippen molar-refractivity contribution >= 4 is 5.91 Å². The molecule has 0 aromatic carbocycles. The minimum absolute atomic E-state index is 0.0214. The summed E-state index contributed by atoms with van der Waals surface area (Å²) in [6, 6.07) is 7.84. The summed E-state index contributed by atoms with van der Waals surface area (Å²) in [5.74, 6) is -0.0214. The van der Waals surface area contributed by atoms with Crippen molar-refractivity contribution in [3.8, 4) is 0 Å². The van der Waals surface area contributed by atoms with E-state index in [1.807, 2.05) is 36.1 Å². The number of H-pyrrole nitrogens is 1. The van der Waals surface area contributed by atoms with Crippen LogP contribution in [0.5, 0.6) is 0 Å². The molecule has 2 aromatic heterocycles. The van der Waals surface area contributed by atoms with Gasteiger partial charge in [0.25, 0.3) is 5.91 Å². The first-order valence-corrected chi connectivity index (χ1v) is 8.17. The van der Waals surface area contributed by atoms with Crippen LogP contribution in [0.3, 0.4) is 0 Å². The first-order valence-electron chi connectivity index (χ1n) is 8.17. The number of amides is 1. The molecule has 3 rings (SSSR count). The number of aromatic nitrogens is 3. The van der Waals surface area contributed by atoms with Gasteiger partial charge in [-0.1, -0.05) is 6.07 Å². The molecule has 0 bridgehead atoms. The Morgan fingerprint density at radius 2 is 2.26 bits per heavy atom. The van der Waals surface area contributed by atoms with Crippen LogP contribution in [-0.2, 0) is 6.54 Å². The van der Waals surface area contributed by atoms with Gasteiger partial charge in [0.15, 0.2) is 0 Å². The Bertz CT molecular complexity index is 631. The molecule has 0 radical (unpaired) electrons. The molecule has 6 nitrogen and oxygen atoms in total. The highest BCUT2D eigenvalue weighted by atomic mass is 16.2. The molecular weight excluding hydrogens is 290 g/mol. The van der Waals surface area contributed by atoms with Crippen molar-refractivity contribution in [3.05, 3.63) is 47.5 Å². The van der Waals surface area contributed by atoms with Gasteiger partial charge in [-0.2, -0.15) is 5.10 Å². The normalized spacial score (nSPS) is 18.4. The van der Waals surface area contributed by atoms with Crippen LogP contribution in [0.15, 0.2) is 30.5 Å². The van der Waals surface area contributed by atoms with Crippen molar-refractivity contribution in [2.45, 2.75) is 38.8 Å². The molecule has 1 amide bonds. The summed E-state index contributed by atoms with van der Waals surface area (Å²) in [7, 11) is 0.